The average molecular weight is 342 g/mol. The molecule has 1 aromatic rings. The van der Waals surface area contributed by atoms with Crippen LogP contribution in [-0.2, 0) is 9.53 Å². The van der Waals surface area contributed by atoms with E-state index in [1.807, 2.05) is 6.92 Å². The van der Waals surface area contributed by atoms with E-state index in [-0.39, 0.29) is 5.71 Å². The van der Waals surface area contributed by atoms with E-state index in [0.717, 1.165) is 0 Å². The number of ether oxygens (including phenoxy) is 1. The molecule has 0 aliphatic rings. The molecule has 128 valence electrons. The number of rotatable bonds is 6. The summed E-state index contributed by atoms with van der Waals surface area (Å²) in [5.41, 5.74) is -0.867. The third-order valence-corrected chi connectivity index (χ3v) is 3.28. The van der Waals surface area contributed by atoms with E-state index in [1.165, 1.54) is 11.3 Å². The zero-order chi connectivity index (χ0) is 17.5. The van der Waals surface area contributed by atoms with Gasteiger partial charge < -0.3 is 15.3 Å². The first-order valence-electron chi connectivity index (χ1n) is 7.19. The van der Waals surface area contributed by atoms with Crippen molar-refractivity contribution >= 4 is 34.2 Å². The Balaban J connectivity index is 2.79. The SMILES string of the molecule is CCCC(NC(=O)OC(C)(C)C)/C(=N\O)C(=O)Nc1nccs1. The summed E-state index contributed by atoms with van der Waals surface area (Å²) in [6.07, 6.45) is 1.95. The third-order valence-electron chi connectivity index (χ3n) is 2.59. The largest absolute Gasteiger partial charge is 0.444 e. The maximum Gasteiger partial charge on any atom is 0.408 e. The van der Waals surface area contributed by atoms with E-state index in [4.69, 9.17) is 4.74 Å². The number of nitrogens with one attached hydrogen (secondary N) is 2. The average Bonchev–Trinajstić information content (AvgIpc) is 2.90. The van der Waals surface area contributed by atoms with Crippen LogP contribution in [0, 0.1) is 0 Å². The topological polar surface area (TPSA) is 113 Å². The van der Waals surface area contributed by atoms with Gasteiger partial charge in [-0.1, -0.05) is 18.5 Å². The van der Waals surface area contributed by atoms with Crippen molar-refractivity contribution in [2.45, 2.75) is 52.2 Å². The number of amides is 2. The number of carbonyl (C=O) groups is 2. The fourth-order valence-corrected chi connectivity index (χ4v) is 2.26. The predicted molar refractivity (Wildman–Crippen MR) is 88.0 cm³/mol. The highest BCUT2D eigenvalue weighted by molar-refractivity contribution is 7.13. The van der Waals surface area contributed by atoms with Crippen molar-refractivity contribution in [2.75, 3.05) is 5.32 Å². The summed E-state index contributed by atoms with van der Waals surface area (Å²) >= 11 is 1.23. The number of oxime groups is 1. The Morgan fingerprint density at radius 2 is 2.17 bits per heavy atom. The third kappa shape index (κ3) is 6.64. The molecule has 0 saturated heterocycles. The van der Waals surface area contributed by atoms with Gasteiger partial charge in [0.2, 0.25) is 0 Å². The zero-order valence-corrected chi connectivity index (χ0v) is 14.4. The number of carbonyl (C=O) groups excluding carboxylic acids is 2. The summed E-state index contributed by atoms with van der Waals surface area (Å²) in [7, 11) is 0. The Morgan fingerprint density at radius 3 is 2.65 bits per heavy atom. The molecule has 23 heavy (non-hydrogen) atoms. The molecule has 0 saturated carbocycles. The molecule has 1 unspecified atom stereocenters. The number of alkyl carbamates (subject to hydrolysis) is 1. The van der Waals surface area contributed by atoms with Gasteiger partial charge in [0.25, 0.3) is 5.91 Å². The van der Waals surface area contributed by atoms with Gasteiger partial charge >= 0.3 is 6.09 Å². The minimum absolute atomic E-state index is 0.201. The van der Waals surface area contributed by atoms with Gasteiger partial charge in [-0.2, -0.15) is 0 Å². The highest BCUT2D eigenvalue weighted by atomic mass is 32.1. The molecule has 8 nitrogen and oxygen atoms in total. The molecule has 3 N–H and O–H groups in total. The predicted octanol–water partition coefficient (Wildman–Crippen LogP) is 2.61. The van der Waals surface area contributed by atoms with E-state index >= 15 is 0 Å². The molecule has 1 rings (SSSR count). The standard InChI is InChI=1S/C14H22N4O4S/c1-5-6-9(16-13(20)22-14(2,3)4)10(18-21)11(19)17-12-15-7-8-23-12/h7-9,21H,5-6H2,1-4H3,(H,16,20)(H,15,17,19)/b18-10+. The normalized spacial score (nSPS) is 13.3. The first kappa shape index (κ1) is 18.9. The van der Waals surface area contributed by atoms with Crippen LogP contribution in [0.1, 0.15) is 40.5 Å². The summed E-state index contributed by atoms with van der Waals surface area (Å²) in [4.78, 5) is 28.0. The van der Waals surface area contributed by atoms with E-state index in [1.54, 1.807) is 32.3 Å². The summed E-state index contributed by atoms with van der Waals surface area (Å²) in [6, 6.07) is -0.764. The van der Waals surface area contributed by atoms with Crippen LogP contribution in [-0.4, -0.2) is 39.5 Å². The molecule has 0 bridgehead atoms. The van der Waals surface area contributed by atoms with Crippen LogP contribution in [0.3, 0.4) is 0 Å². The van der Waals surface area contributed by atoms with Crippen LogP contribution < -0.4 is 10.6 Å². The fraction of sp³-hybridized carbons (Fsp3) is 0.571. The Morgan fingerprint density at radius 1 is 1.48 bits per heavy atom. The van der Waals surface area contributed by atoms with Gasteiger partial charge in [-0.15, -0.1) is 11.3 Å². The van der Waals surface area contributed by atoms with Gasteiger partial charge in [-0.25, -0.2) is 9.78 Å². The van der Waals surface area contributed by atoms with Gasteiger partial charge in [0.15, 0.2) is 10.8 Å². The smallest absolute Gasteiger partial charge is 0.408 e. The van der Waals surface area contributed by atoms with E-state index < -0.39 is 23.6 Å². The second-order valence-corrected chi connectivity index (χ2v) is 6.66. The van der Waals surface area contributed by atoms with Crippen molar-refractivity contribution in [3.8, 4) is 0 Å². The fourth-order valence-electron chi connectivity index (χ4n) is 1.74. The van der Waals surface area contributed by atoms with Crippen LogP contribution in [0.15, 0.2) is 16.7 Å². The maximum atomic E-state index is 12.2. The Kier molecular flexibility index (Phi) is 6.95. The second kappa shape index (κ2) is 8.47. The Labute approximate surface area is 138 Å². The monoisotopic (exact) mass is 342 g/mol. The van der Waals surface area contributed by atoms with E-state index in [2.05, 4.69) is 20.8 Å². The molecule has 0 fully saturated rings. The van der Waals surface area contributed by atoms with Crippen LogP contribution in [0.5, 0.6) is 0 Å². The molecule has 1 heterocycles. The molecule has 0 spiro atoms. The van der Waals surface area contributed by atoms with Crippen molar-refractivity contribution in [1.29, 1.82) is 0 Å². The van der Waals surface area contributed by atoms with Crippen molar-refractivity contribution in [3.63, 3.8) is 0 Å². The molecular weight excluding hydrogens is 320 g/mol. The first-order valence-corrected chi connectivity index (χ1v) is 8.07. The quantitative estimate of drug-likeness (QED) is 0.418. The lowest BCUT2D eigenvalue weighted by Gasteiger charge is -2.23. The minimum atomic E-state index is -0.764. The van der Waals surface area contributed by atoms with Gasteiger partial charge in [-0.3, -0.25) is 10.1 Å². The van der Waals surface area contributed by atoms with Crippen molar-refractivity contribution in [2.24, 2.45) is 5.16 Å². The van der Waals surface area contributed by atoms with Crippen LogP contribution in [0.25, 0.3) is 0 Å². The van der Waals surface area contributed by atoms with Crippen LogP contribution in [0.4, 0.5) is 9.93 Å². The molecule has 0 aliphatic heterocycles. The lowest BCUT2D eigenvalue weighted by Crippen LogP contribution is -2.47. The molecule has 0 radical (unpaired) electrons. The molecule has 0 aromatic carbocycles. The van der Waals surface area contributed by atoms with E-state index in [9.17, 15) is 14.8 Å². The number of thiazole rings is 1. The number of anilines is 1. The number of hydrogen-bond donors (Lipinski definition) is 3. The summed E-state index contributed by atoms with van der Waals surface area (Å²) in [6.45, 7) is 7.09. The molecule has 9 heteroatoms. The van der Waals surface area contributed by atoms with Gasteiger partial charge in [0, 0.05) is 11.6 Å². The number of nitrogens with zero attached hydrogens (tertiary/aromatic N) is 2. The number of aromatic nitrogens is 1. The maximum absolute atomic E-state index is 12.2. The summed E-state index contributed by atoms with van der Waals surface area (Å²) in [5.74, 6) is -0.628. The minimum Gasteiger partial charge on any atom is -0.444 e. The van der Waals surface area contributed by atoms with Crippen molar-refractivity contribution in [1.82, 2.24) is 10.3 Å². The first-order chi connectivity index (χ1) is 10.8. The highest BCUT2D eigenvalue weighted by Gasteiger charge is 2.27. The van der Waals surface area contributed by atoms with Crippen molar-refractivity contribution < 1.29 is 19.5 Å². The molecule has 2 amide bonds. The molecule has 1 atom stereocenters. The lowest BCUT2D eigenvalue weighted by molar-refractivity contribution is -0.110. The van der Waals surface area contributed by atoms with Crippen LogP contribution in [0.2, 0.25) is 0 Å². The van der Waals surface area contributed by atoms with E-state index in [0.29, 0.717) is 18.0 Å². The Hall–Kier alpha value is -2.16. The summed E-state index contributed by atoms with van der Waals surface area (Å²) < 4.78 is 5.17. The highest BCUT2D eigenvalue weighted by Crippen LogP contribution is 2.12. The number of hydrogen-bond acceptors (Lipinski definition) is 7. The van der Waals surface area contributed by atoms with Crippen LogP contribution >= 0.6 is 11.3 Å². The Bertz CT molecular complexity index is 552. The lowest BCUT2D eigenvalue weighted by atomic mass is 10.1. The van der Waals surface area contributed by atoms with Crippen molar-refractivity contribution in [3.05, 3.63) is 11.6 Å². The van der Waals surface area contributed by atoms with Gasteiger partial charge in [0.1, 0.15) is 5.60 Å². The zero-order valence-electron chi connectivity index (χ0n) is 13.6. The molecular formula is C14H22N4O4S. The molecule has 0 aliphatic carbocycles. The second-order valence-electron chi connectivity index (χ2n) is 5.76. The van der Waals surface area contributed by atoms with Gasteiger partial charge in [-0.05, 0) is 27.2 Å². The van der Waals surface area contributed by atoms with Gasteiger partial charge in [0.05, 0.1) is 6.04 Å². The molecule has 1 aromatic heterocycles. The summed E-state index contributed by atoms with van der Waals surface area (Å²) in [5, 5.41) is 19.4.